The van der Waals surface area contributed by atoms with Crippen molar-refractivity contribution >= 4 is 55.5 Å². The van der Waals surface area contributed by atoms with Gasteiger partial charge in [0.1, 0.15) is 17.3 Å². The maximum absolute atomic E-state index is 14.7. The highest BCUT2D eigenvalue weighted by Gasteiger charge is 2.33. The molecule has 2 atom stereocenters. The number of nitrogens with zero attached hydrogens (tertiary/aromatic N) is 3. The van der Waals surface area contributed by atoms with E-state index in [1.165, 1.54) is 6.07 Å². The molecule has 0 saturated carbocycles. The van der Waals surface area contributed by atoms with Crippen molar-refractivity contribution < 1.29 is 13.6 Å². The van der Waals surface area contributed by atoms with Crippen molar-refractivity contribution in [3.63, 3.8) is 0 Å². The molecule has 12 heteroatoms. The van der Waals surface area contributed by atoms with Gasteiger partial charge >= 0.3 is 0 Å². The molecule has 7 N–H and O–H groups in total. The average molecular weight is 523 g/mol. The molecule has 190 valence electrons. The number of hydrogen-bond acceptors (Lipinski definition) is 8. The van der Waals surface area contributed by atoms with E-state index in [1.807, 2.05) is 0 Å². The fourth-order valence-corrected chi connectivity index (χ4v) is 4.40. The van der Waals surface area contributed by atoms with Crippen LogP contribution in [0.25, 0.3) is 0 Å². The summed E-state index contributed by atoms with van der Waals surface area (Å²) in [7, 11) is 2.46. The first-order valence-electron chi connectivity index (χ1n) is 11.2. The van der Waals surface area contributed by atoms with Crippen molar-refractivity contribution in [1.82, 2.24) is 9.97 Å². The Labute approximate surface area is 214 Å². The maximum Gasteiger partial charge on any atom is 0.269 e. The van der Waals surface area contributed by atoms with E-state index in [4.69, 9.17) is 16.9 Å². The minimum Gasteiger partial charge on any atom is -0.398 e. The van der Waals surface area contributed by atoms with Gasteiger partial charge in [0.05, 0.1) is 16.8 Å². The third-order valence-corrected chi connectivity index (χ3v) is 6.28. The van der Waals surface area contributed by atoms with E-state index in [0.717, 1.165) is 12.3 Å². The second-order valence-electron chi connectivity index (χ2n) is 8.51. The lowest BCUT2D eigenvalue weighted by molar-refractivity contribution is -0.114. The van der Waals surface area contributed by atoms with Gasteiger partial charge < -0.3 is 27.5 Å². The molecule has 1 amide bonds. The molecular formula is C25H25F2N8OP. The maximum atomic E-state index is 14.7. The van der Waals surface area contributed by atoms with Crippen LogP contribution in [0.4, 0.5) is 31.8 Å². The molecule has 1 aliphatic rings. The smallest absolute Gasteiger partial charge is 0.269 e. The normalized spacial score (nSPS) is 16.2. The number of aromatic nitrogens is 2. The molecule has 4 rings (SSSR count). The highest BCUT2D eigenvalue weighted by atomic mass is 31.0. The molecule has 0 radical (unpaired) electrons. The van der Waals surface area contributed by atoms with Gasteiger partial charge in [-0.15, -0.1) is 0 Å². The molecule has 3 heterocycles. The van der Waals surface area contributed by atoms with Gasteiger partial charge in [0, 0.05) is 40.4 Å². The Balaban J connectivity index is 1.82. The van der Waals surface area contributed by atoms with Gasteiger partial charge in [-0.2, -0.15) is 0 Å². The number of nitrogens with two attached hydrogens (primary N) is 2. The Bertz CT molecular complexity index is 1520. The summed E-state index contributed by atoms with van der Waals surface area (Å²) in [4.78, 5) is 25.6. The summed E-state index contributed by atoms with van der Waals surface area (Å²) in [6, 6.07) is 7.38. The number of fused-ring (bicyclic) bond motifs is 1. The predicted octanol–water partition coefficient (Wildman–Crippen LogP) is 3.62. The highest BCUT2D eigenvalue weighted by Crippen LogP contribution is 2.44. The Morgan fingerprint density at radius 2 is 1.95 bits per heavy atom. The van der Waals surface area contributed by atoms with Crippen LogP contribution >= 0.6 is 9.24 Å². The van der Waals surface area contributed by atoms with Gasteiger partial charge in [-0.3, -0.25) is 4.79 Å². The Hall–Kier alpha value is -4.24. The number of allylic oxidation sites excluding steroid dienone is 1. The van der Waals surface area contributed by atoms with Crippen molar-refractivity contribution in [2.45, 2.75) is 26.7 Å². The second-order valence-corrected chi connectivity index (χ2v) is 9.10. The van der Waals surface area contributed by atoms with E-state index in [1.54, 1.807) is 39.0 Å². The molecule has 0 saturated heterocycles. The number of hydrogen-bond donors (Lipinski definition) is 5. The monoisotopic (exact) mass is 522 g/mol. The summed E-state index contributed by atoms with van der Waals surface area (Å²) >= 11 is 0. The molecule has 3 aromatic rings. The lowest BCUT2D eigenvalue weighted by Crippen LogP contribution is -2.19. The quantitative estimate of drug-likeness (QED) is 0.144. The van der Waals surface area contributed by atoms with Crippen LogP contribution < -0.4 is 27.5 Å². The van der Waals surface area contributed by atoms with Gasteiger partial charge in [-0.1, -0.05) is 16.2 Å². The van der Waals surface area contributed by atoms with E-state index in [9.17, 15) is 13.6 Å². The number of carbonyl (C=O) groups is 1. The largest absolute Gasteiger partial charge is 0.398 e. The van der Waals surface area contributed by atoms with E-state index in [0.29, 0.717) is 33.5 Å². The Morgan fingerprint density at radius 1 is 1.22 bits per heavy atom. The number of nitrogens with one attached hydrogen (secondary N) is 3. The van der Waals surface area contributed by atoms with E-state index >= 15 is 0 Å². The number of aliphatic imine (C=N–C) groups is 1. The number of aryl methyl sites for hydroxylation is 1. The van der Waals surface area contributed by atoms with Crippen molar-refractivity contribution in [1.29, 1.82) is 5.41 Å². The summed E-state index contributed by atoms with van der Waals surface area (Å²) in [5.41, 5.74) is 14.7. The number of nitrogen functional groups attached to an aromatic ring is 1. The summed E-state index contributed by atoms with van der Waals surface area (Å²) < 4.78 is 29.1. The van der Waals surface area contributed by atoms with Crippen molar-refractivity contribution in [2.75, 3.05) is 16.4 Å². The van der Waals surface area contributed by atoms with Gasteiger partial charge in [-0.25, -0.2) is 23.7 Å². The molecular weight excluding hydrogens is 497 g/mol. The summed E-state index contributed by atoms with van der Waals surface area (Å²) in [5.74, 6) is -2.34. The van der Waals surface area contributed by atoms with E-state index in [-0.39, 0.29) is 34.4 Å². The van der Waals surface area contributed by atoms with E-state index in [2.05, 4.69) is 34.8 Å². The number of primary amides is 1. The second kappa shape index (κ2) is 10.0. The third kappa shape index (κ3) is 4.90. The van der Waals surface area contributed by atoms with Gasteiger partial charge in [0.2, 0.25) is 0 Å². The molecule has 0 fully saturated rings. The number of benzene rings is 1. The molecule has 1 aliphatic heterocycles. The van der Waals surface area contributed by atoms with Crippen LogP contribution in [0.2, 0.25) is 0 Å². The van der Waals surface area contributed by atoms with Crippen LogP contribution in [0.3, 0.4) is 0 Å². The van der Waals surface area contributed by atoms with Crippen LogP contribution in [0.5, 0.6) is 0 Å². The third-order valence-electron chi connectivity index (χ3n) is 5.96. The highest BCUT2D eigenvalue weighted by molar-refractivity contribution is 7.26. The molecule has 0 aliphatic carbocycles. The zero-order chi connectivity index (χ0) is 27.0. The standard InChI is InChI=1S/C25H25F2N8OP/c1-10-4-6-15(26)25(31-10)35-24-13(5-7-18(37)33-24)12(3)32-22(23(30)36)20-11(2)19-14(9-28)17(29)8-16(27)21(19)34-20/h4-9,11,28,34H,29,37H2,1-3H3,(H2,30,36)(H,31,33,35)/b22-20+,28-9?,32-12?. The molecule has 9 nitrogen and oxygen atoms in total. The average Bonchev–Trinajstić information content (AvgIpc) is 3.17. The molecule has 0 spiro atoms. The minimum atomic E-state index is -0.845. The zero-order valence-corrected chi connectivity index (χ0v) is 21.4. The number of anilines is 4. The summed E-state index contributed by atoms with van der Waals surface area (Å²) in [6.45, 7) is 5.11. The molecule has 37 heavy (non-hydrogen) atoms. The first kappa shape index (κ1) is 25.8. The fraction of sp³-hybridized carbons (Fsp3) is 0.160. The molecule has 2 unspecified atom stereocenters. The van der Waals surface area contributed by atoms with Gasteiger partial charge in [0.25, 0.3) is 5.91 Å². The number of rotatable bonds is 6. The van der Waals surface area contributed by atoms with Crippen LogP contribution in [-0.4, -0.2) is 27.8 Å². The number of amides is 1. The van der Waals surface area contributed by atoms with Crippen LogP contribution in [0.15, 0.2) is 46.7 Å². The number of pyridine rings is 2. The fourth-order valence-electron chi connectivity index (χ4n) is 4.17. The van der Waals surface area contributed by atoms with Crippen molar-refractivity contribution in [3.05, 3.63) is 75.7 Å². The lowest BCUT2D eigenvalue weighted by atomic mass is 9.93. The predicted molar refractivity (Wildman–Crippen MR) is 145 cm³/mol. The number of halogens is 2. The minimum absolute atomic E-state index is 0.0144. The van der Waals surface area contributed by atoms with Crippen LogP contribution in [0.1, 0.15) is 42.1 Å². The van der Waals surface area contributed by atoms with Crippen LogP contribution in [0, 0.1) is 24.0 Å². The molecule has 0 bridgehead atoms. The Kier molecular flexibility index (Phi) is 7.00. The topological polar surface area (TPSA) is 155 Å². The Morgan fingerprint density at radius 3 is 2.62 bits per heavy atom. The van der Waals surface area contributed by atoms with Crippen LogP contribution in [-0.2, 0) is 4.79 Å². The van der Waals surface area contributed by atoms with Gasteiger partial charge in [0.15, 0.2) is 11.6 Å². The molecule has 2 aromatic heterocycles. The summed E-state index contributed by atoms with van der Waals surface area (Å²) in [6.07, 6.45) is 1.04. The summed E-state index contributed by atoms with van der Waals surface area (Å²) in [5, 5.41) is 13.5. The van der Waals surface area contributed by atoms with Gasteiger partial charge in [-0.05, 0) is 49.7 Å². The number of carbonyl (C=O) groups excluding carboxylic acids is 1. The van der Waals surface area contributed by atoms with E-state index < -0.39 is 23.5 Å². The zero-order valence-electron chi connectivity index (χ0n) is 20.3. The van der Waals surface area contributed by atoms with Crippen molar-refractivity contribution in [3.8, 4) is 0 Å². The lowest BCUT2D eigenvalue weighted by Gasteiger charge is -2.14. The molecule has 1 aromatic carbocycles. The SMILES string of the molecule is CC(=N/C(C(N)=O)=C1/Nc2c(F)cc(N)c(C=N)c2C1C)c1ccc(P)nc1Nc1nc(C)ccc1F. The first-order chi connectivity index (χ1) is 17.5. The van der Waals surface area contributed by atoms with Crippen molar-refractivity contribution in [2.24, 2.45) is 10.7 Å². The first-order valence-corrected chi connectivity index (χ1v) is 11.7.